The van der Waals surface area contributed by atoms with Crippen LogP contribution in [-0.2, 0) is 9.59 Å². The van der Waals surface area contributed by atoms with Gasteiger partial charge in [-0.2, -0.15) is 0 Å². The highest BCUT2D eigenvalue weighted by Gasteiger charge is 2.09. The van der Waals surface area contributed by atoms with Crippen LogP contribution in [0.1, 0.15) is 6.92 Å². The van der Waals surface area contributed by atoms with Gasteiger partial charge in [0, 0.05) is 24.7 Å². The largest absolute Gasteiger partial charge is 0.484 e. The number of amides is 2. The van der Waals surface area contributed by atoms with Gasteiger partial charge in [-0.3, -0.25) is 19.7 Å². The van der Waals surface area contributed by atoms with Gasteiger partial charge in [-0.15, -0.1) is 0 Å². The lowest BCUT2D eigenvalue weighted by atomic mass is 10.2. The molecule has 2 aromatic carbocycles. The van der Waals surface area contributed by atoms with Crippen LogP contribution in [0.5, 0.6) is 5.75 Å². The smallest absolute Gasteiger partial charge is 0.269 e. The molecular weight excluding hydrogens is 333 g/mol. The van der Waals surface area contributed by atoms with E-state index in [0.29, 0.717) is 5.75 Å². The van der Waals surface area contributed by atoms with Gasteiger partial charge in [0.1, 0.15) is 11.6 Å². The van der Waals surface area contributed by atoms with Crippen LogP contribution in [0.25, 0.3) is 0 Å². The summed E-state index contributed by atoms with van der Waals surface area (Å²) in [5.74, 6) is -1.29. The summed E-state index contributed by atoms with van der Waals surface area (Å²) in [6, 6.07) is 8.99. The second-order valence-electron chi connectivity index (χ2n) is 4.96. The number of nitro groups is 1. The molecule has 0 saturated heterocycles. The SMILES string of the molecule is CC(=O)Nc1cc(NC(=O)COc2ccc([N+](=O)[O-])cc2)ccc1F. The zero-order chi connectivity index (χ0) is 18.4. The first-order valence-corrected chi connectivity index (χ1v) is 7.09. The Morgan fingerprint density at radius 2 is 1.84 bits per heavy atom. The van der Waals surface area contributed by atoms with Gasteiger partial charge in [-0.05, 0) is 30.3 Å². The number of carbonyl (C=O) groups excluding carboxylic acids is 2. The number of carbonyl (C=O) groups is 2. The van der Waals surface area contributed by atoms with Crippen LogP contribution in [0.15, 0.2) is 42.5 Å². The molecule has 2 N–H and O–H groups in total. The van der Waals surface area contributed by atoms with E-state index in [0.717, 1.165) is 6.07 Å². The predicted octanol–water partition coefficient (Wildman–Crippen LogP) is 2.71. The van der Waals surface area contributed by atoms with Gasteiger partial charge in [0.2, 0.25) is 5.91 Å². The molecule has 0 bridgehead atoms. The average molecular weight is 347 g/mol. The van der Waals surface area contributed by atoms with Crippen molar-refractivity contribution >= 4 is 28.9 Å². The van der Waals surface area contributed by atoms with Gasteiger partial charge in [0.25, 0.3) is 11.6 Å². The first-order chi connectivity index (χ1) is 11.8. The third kappa shape index (κ3) is 5.27. The number of nitrogens with one attached hydrogen (secondary N) is 2. The van der Waals surface area contributed by atoms with Crippen molar-refractivity contribution in [2.45, 2.75) is 6.92 Å². The molecule has 2 aromatic rings. The Morgan fingerprint density at radius 3 is 2.44 bits per heavy atom. The number of halogens is 1. The fourth-order valence-electron chi connectivity index (χ4n) is 1.90. The van der Waals surface area contributed by atoms with E-state index in [1.165, 1.54) is 43.3 Å². The van der Waals surface area contributed by atoms with Crippen LogP contribution < -0.4 is 15.4 Å². The Balaban J connectivity index is 1.93. The van der Waals surface area contributed by atoms with Gasteiger partial charge in [0.05, 0.1) is 10.6 Å². The molecule has 2 amide bonds. The molecule has 0 saturated carbocycles. The molecule has 0 spiro atoms. The highest BCUT2D eigenvalue weighted by molar-refractivity contribution is 5.94. The average Bonchev–Trinajstić information content (AvgIpc) is 2.56. The number of benzene rings is 2. The number of nitrogens with zero attached hydrogens (tertiary/aromatic N) is 1. The molecule has 0 aliphatic carbocycles. The van der Waals surface area contributed by atoms with E-state index in [-0.39, 0.29) is 23.7 Å². The molecular formula is C16H14FN3O5. The van der Waals surface area contributed by atoms with Crippen molar-refractivity contribution in [2.24, 2.45) is 0 Å². The first kappa shape index (κ1) is 17.9. The van der Waals surface area contributed by atoms with E-state index < -0.39 is 22.6 Å². The second kappa shape index (κ2) is 7.86. The van der Waals surface area contributed by atoms with Crippen molar-refractivity contribution in [3.8, 4) is 5.75 Å². The lowest BCUT2D eigenvalue weighted by Gasteiger charge is -2.10. The Bertz CT molecular complexity index is 808. The Hall–Kier alpha value is -3.49. The van der Waals surface area contributed by atoms with Gasteiger partial charge in [0.15, 0.2) is 6.61 Å². The molecule has 0 radical (unpaired) electrons. The molecule has 2 rings (SSSR count). The number of rotatable bonds is 6. The number of hydrogen-bond donors (Lipinski definition) is 2. The lowest BCUT2D eigenvalue weighted by Crippen LogP contribution is -2.20. The summed E-state index contributed by atoms with van der Waals surface area (Å²) in [5.41, 5.74) is 0.137. The highest BCUT2D eigenvalue weighted by atomic mass is 19.1. The Labute approximate surface area is 141 Å². The van der Waals surface area contributed by atoms with Crippen molar-refractivity contribution in [1.82, 2.24) is 0 Å². The summed E-state index contributed by atoms with van der Waals surface area (Å²) < 4.78 is 18.7. The predicted molar refractivity (Wildman–Crippen MR) is 87.9 cm³/mol. The summed E-state index contributed by atoms with van der Waals surface area (Å²) in [6.07, 6.45) is 0. The van der Waals surface area contributed by atoms with Crippen LogP contribution >= 0.6 is 0 Å². The van der Waals surface area contributed by atoms with Crippen LogP contribution in [0.3, 0.4) is 0 Å². The molecule has 0 aliphatic rings. The van der Waals surface area contributed by atoms with Crippen LogP contribution in [0.2, 0.25) is 0 Å². The van der Waals surface area contributed by atoms with E-state index in [9.17, 15) is 24.1 Å². The first-order valence-electron chi connectivity index (χ1n) is 7.09. The van der Waals surface area contributed by atoms with Crippen LogP contribution in [-0.4, -0.2) is 23.3 Å². The Morgan fingerprint density at radius 1 is 1.16 bits per heavy atom. The monoisotopic (exact) mass is 347 g/mol. The van der Waals surface area contributed by atoms with E-state index in [1.807, 2.05) is 0 Å². The minimum Gasteiger partial charge on any atom is -0.484 e. The maximum Gasteiger partial charge on any atom is 0.269 e. The standard InChI is InChI=1S/C16H14FN3O5/c1-10(21)18-15-8-11(2-7-14(15)17)19-16(22)9-25-13-5-3-12(4-6-13)20(23)24/h2-8H,9H2,1H3,(H,18,21)(H,19,22). The molecule has 25 heavy (non-hydrogen) atoms. The molecule has 0 atom stereocenters. The van der Waals surface area contributed by atoms with Gasteiger partial charge < -0.3 is 15.4 Å². The number of anilines is 2. The van der Waals surface area contributed by atoms with Crippen molar-refractivity contribution in [2.75, 3.05) is 17.2 Å². The molecule has 9 heteroatoms. The molecule has 0 aliphatic heterocycles. The van der Waals surface area contributed by atoms with Crippen molar-refractivity contribution in [3.63, 3.8) is 0 Å². The zero-order valence-corrected chi connectivity index (χ0v) is 13.1. The van der Waals surface area contributed by atoms with Gasteiger partial charge in [-0.1, -0.05) is 0 Å². The van der Waals surface area contributed by atoms with Crippen molar-refractivity contribution < 1.29 is 23.6 Å². The number of non-ortho nitro benzene ring substituents is 1. The number of ether oxygens (including phenoxy) is 1. The molecule has 0 heterocycles. The molecule has 0 unspecified atom stereocenters. The minimum atomic E-state index is -0.629. The zero-order valence-electron chi connectivity index (χ0n) is 13.1. The van der Waals surface area contributed by atoms with Crippen LogP contribution in [0.4, 0.5) is 21.5 Å². The topological polar surface area (TPSA) is 111 Å². The fourth-order valence-corrected chi connectivity index (χ4v) is 1.90. The van der Waals surface area contributed by atoms with E-state index >= 15 is 0 Å². The minimum absolute atomic E-state index is 0.0541. The normalized spacial score (nSPS) is 10.0. The molecule has 0 aromatic heterocycles. The number of hydrogen-bond acceptors (Lipinski definition) is 5. The van der Waals surface area contributed by atoms with Crippen molar-refractivity contribution in [3.05, 3.63) is 58.4 Å². The summed E-state index contributed by atoms with van der Waals surface area (Å²) >= 11 is 0. The van der Waals surface area contributed by atoms with Crippen molar-refractivity contribution in [1.29, 1.82) is 0 Å². The van der Waals surface area contributed by atoms with Crippen LogP contribution in [0, 0.1) is 15.9 Å². The van der Waals surface area contributed by atoms with Gasteiger partial charge >= 0.3 is 0 Å². The third-order valence-corrected chi connectivity index (χ3v) is 2.98. The summed E-state index contributed by atoms with van der Waals surface area (Å²) in [6.45, 7) is 0.896. The third-order valence-electron chi connectivity index (χ3n) is 2.98. The van der Waals surface area contributed by atoms with Gasteiger partial charge in [-0.25, -0.2) is 4.39 Å². The Kier molecular flexibility index (Phi) is 5.62. The highest BCUT2D eigenvalue weighted by Crippen LogP contribution is 2.20. The molecule has 0 fully saturated rings. The summed E-state index contributed by atoms with van der Waals surface area (Å²) in [7, 11) is 0. The second-order valence-corrected chi connectivity index (χ2v) is 4.96. The summed E-state index contributed by atoms with van der Waals surface area (Å²) in [5, 5.41) is 15.3. The fraction of sp³-hybridized carbons (Fsp3) is 0.125. The van der Waals surface area contributed by atoms with E-state index in [4.69, 9.17) is 4.74 Å². The maximum absolute atomic E-state index is 13.5. The van der Waals surface area contributed by atoms with E-state index in [2.05, 4.69) is 10.6 Å². The van der Waals surface area contributed by atoms with E-state index in [1.54, 1.807) is 0 Å². The summed E-state index contributed by atoms with van der Waals surface area (Å²) in [4.78, 5) is 32.9. The lowest BCUT2D eigenvalue weighted by molar-refractivity contribution is -0.384. The quantitative estimate of drug-likeness (QED) is 0.616. The maximum atomic E-state index is 13.5. The number of nitro benzene ring substituents is 1. The molecule has 8 nitrogen and oxygen atoms in total. The molecule has 130 valence electrons.